The normalized spacial score (nSPS) is 14.3. The Balaban J connectivity index is 1.26. The molecular formula is C29H24FN7O. The summed E-state index contributed by atoms with van der Waals surface area (Å²) in [6.45, 7) is 0. The average molecular weight is 506 g/mol. The number of aromatic amines is 2. The van der Waals surface area contributed by atoms with E-state index in [2.05, 4.69) is 30.1 Å². The molecule has 1 fully saturated rings. The lowest BCUT2D eigenvalue weighted by Crippen LogP contribution is -2.19. The van der Waals surface area contributed by atoms with Crippen LogP contribution >= 0.6 is 0 Å². The molecule has 5 aromatic heterocycles. The first-order chi connectivity index (χ1) is 18.7. The van der Waals surface area contributed by atoms with Gasteiger partial charge in [0.15, 0.2) is 5.82 Å². The fraction of sp³-hybridized carbons (Fsp3) is 0.207. The van der Waals surface area contributed by atoms with Crippen molar-refractivity contribution in [3.05, 3.63) is 73.1 Å². The zero-order valence-corrected chi connectivity index (χ0v) is 20.5. The molecular weight excluding hydrogens is 481 g/mol. The number of halogens is 1. The number of imidazole rings is 1. The van der Waals surface area contributed by atoms with Gasteiger partial charge in [-0.3, -0.25) is 20.1 Å². The van der Waals surface area contributed by atoms with E-state index in [1.807, 2.05) is 18.2 Å². The van der Waals surface area contributed by atoms with Crippen molar-refractivity contribution in [1.29, 1.82) is 0 Å². The Hall–Kier alpha value is -4.66. The van der Waals surface area contributed by atoms with E-state index in [1.54, 1.807) is 43.0 Å². The molecule has 7 rings (SSSR count). The van der Waals surface area contributed by atoms with Gasteiger partial charge in [-0.15, -0.1) is 0 Å². The van der Waals surface area contributed by atoms with Crippen LogP contribution < -0.4 is 4.74 Å². The first-order valence-corrected chi connectivity index (χ1v) is 12.8. The van der Waals surface area contributed by atoms with Crippen LogP contribution in [0, 0.1) is 5.82 Å². The molecule has 0 aliphatic heterocycles. The second-order valence-corrected chi connectivity index (χ2v) is 9.60. The fourth-order valence-corrected chi connectivity index (χ4v) is 5.15. The second kappa shape index (κ2) is 9.33. The summed E-state index contributed by atoms with van der Waals surface area (Å²) in [5, 5.41) is 8.41. The third-order valence-electron chi connectivity index (χ3n) is 7.07. The van der Waals surface area contributed by atoms with Crippen molar-refractivity contribution in [2.75, 3.05) is 0 Å². The summed E-state index contributed by atoms with van der Waals surface area (Å²) in [6.07, 6.45) is 13.0. The highest BCUT2D eigenvalue weighted by molar-refractivity contribution is 5.96. The van der Waals surface area contributed by atoms with E-state index in [-0.39, 0.29) is 11.9 Å². The number of pyridine rings is 3. The van der Waals surface area contributed by atoms with Crippen LogP contribution in [0.15, 0.2) is 67.3 Å². The molecule has 0 spiro atoms. The molecule has 6 aromatic rings. The third kappa shape index (κ3) is 4.06. The molecule has 38 heavy (non-hydrogen) atoms. The molecule has 9 heteroatoms. The maximum Gasteiger partial charge on any atom is 0.159 e. The van der Waals surface area contributed by atoms with Gasteiger partial charge < -0.3 is 9.72 Å². The predicted molar refractivity (Wildman–Crippen MR) is 143 cm³/mol. The lowest BCUT2D eigenvalue weighted by atomic mass is 9.98. The smallest absolute Gasteiger partial charge is 0.159 e. The van der Waals surface area contributed by atoms with Crippen molar-refractivity contribution < 1.29 is 9.13 Å². The van der Waals surface area contributed by atoms with E-state index in [1.165, 1.54) is 25.3 Å². The van der Waals surface area contributed by atoms with Crippen LogP contribution in [0.4, 0.5) is 4.39 Å². The van der Waals surface area contributed by atoms with Gasteiger partial charge >= 0.3 is 0 Å². The minimum absolute atomic E-state index is 0.244. The number of hydrogen-bond donors (Lipinski definition) is 2. The van der Waals surface area contributed by atoms with Crippen LogP contribution in [0.1, 0.15) is 32.1 Å². The van der Waals surface area contributed by atoms with Crippen LogP contribution in [0.2, 0.25) is 0 Å². The van der Waals surface area contributed by atoms with E-state index in [9.17, 15) is 4.39 Å². The summed E-state index contributed by atoms with van der Waals surface area (Å²) in [5.41, 5.74) is 5.24. The number of nitrogens with zero attached hydrogens (tertiary/aromatic N) is 5. The standard InChI is InChI=1S/C29H24FN7O/c30-22-9-5-4-8-20(22)26-28-23(10-11-32-26)34-29(35-28)27-21-13-24(33-16-25(21)36-37-27)17-12-19(15-31-14-17)38-18-6-2-1-3-7-18/h4-5,8-16,18H,1-3,6-7H2,(H,34,35)(H,36,37). The SMILES string of the molecule is Fc1ccccc1-c1nccc2[nH]c(-c3n[nH]c4cnc(-c5cncc(OC6CCCCC6)c5)cc34)nc12. The van der Waals surface area contributed by atoms with Crippen molar-refractivity contribution in [1.82, 2.24) is 35.1 Å². The van der Waals surface area contributed by atoms with Crippen molar-refractivity contribution in [3.63, 3.8) is 0 Å². The molecule has 0 radical (unpaired) electrons. The summed E-state index contributed by atoms with van der Waals surface area (Å²) in [7, 11) is 0. The second-order valence-electron chi connectivity index (χ2n) is 9.60. The first-order valence-electron chi connectivity index (χ1n) is 12.8. The molecule has 1 aromatic carbocycles. The zero-order valence-electron chi connectivity index (χ0n) is 20.5. The summed E-state index contributed by atoms with van der Waals surface area (Å²) in [4.78, 5) is 21.6. The zero-order chi connectivity index (χ0) is 25.5. The van der Waals surface area contributed by atoms with Gasteiger partial charge in [0.1, 0.15) is 28.5 Å². The van der Waals surface area contributed by atoms with Crippen LogP contribution in [-0.2, 0) is 0 Å². The highest BCUT2D eigenvalue weighted by Gasteiger charge is 2.19. The van der Waals surface area contributed by atoms with Gasteiger partial charge in [0.25, 0.3) is 0 Å². The molecule has 0 unspecified atom stereocenters. The van der Waals surface area contributed by atoms with Crippen LogP contribution in [0.5, 0.6) is 5.75 Å². The number of rotatable bonds is 5. The summed E-state index contributed by atoms with van der Waals surface area (Å²) in [6, 6.07) is 12.3. The molecule has 1 saturated carbocycles. The van der Waals surface area contributed by atoms with E-state index in [0.29, 0.717) is 28.3 Å². The number of ether oxygens (including phenoxy) is 1. The molecule has 0 amide bonds. The van der Waals surface area contributed by atoms with Crippen molar-refractivity contribution in [3.8, 4) is 39.8 Å². The molecule has 0 atom stereocenters. The van der Waals surface area contributed by atoms with Crippen molar-refractivity contribution in [2.24, 2.45) is 0 Å². The van der Waals surface area contributed by atoms with Gasteiger partial charge in [-0.25, -0.2) is 9.37 Å². The Morgan fingerprint density at radius 1 is 0.895 bits per heavy atom. The Kier molecular flexibility index (Phi) is 5.53. The van der Waals surface area contributed by atoms with Crippen LogP contribution in [0.25, 0.3) is 56.0 Å². The average Bonchev–Trinajstić information content (AvgIpc) is 3.58. The van der Waals surface area contributed by atoms with Crippen LogP contribution in [0.3, 0.4) is 0 Å². The maximum atomic E-state index is 14.5. The number of benzene rings is 1. The fourth-order valence-electron chi connectivity index (χ4n) is 5.15. The molecule has 1 aliphatic rings. The van der Waals surface area contributed by atoms with Gasteiger partial charge in [-0.05, 0) is 56.0 Å². The predicted octanol–water partition coefficient (Wildman–Crippen LogP) is 6.48. The summed E-state index contributed by atoms with van der Waals surface area (Å²) >= 11 is 0. The van der Waals surface area contributed by atoms with Gasteiger partial charge in [0, 0.05) is 28.9 Å². The number of aromatic nitrogens is 7. The third-order valence-corrected chi connectivity index (χ3v) is 7.07. The molecule has 1 aliphatic carbocycles. The number of hydrogen-bond acceptors (Lipinski definition) is 6. The largest absolute Gasteiger partial charge is 0.489 e. The number of nitrogens with one attached hydrogen (secondary N) is 2. The van der Waals surface area contributed by atoms with Crippen molar-refractivity contribution >= 4 is 21.9 Å². The molecule has 8 nitrogen and oxygen atoms in total. The molecule has 2 N–H and O–H groups in total. The van der Waals surface area contributed by atoms with Gasteiger partial charge in [-0.1, -0.05) is 18.6 Å². The number of fused-ring (bicyclic) bond motifs is 2. The van der Waals surface area contributed by atoms with Gasteiger partial charge in [0.2, 0.25) is 0 Å². The highest BCUT2D eigenvalue weighted by Crippen LogP contribution is 2.33. The van der Waals surface area contributed by atoms with Crippen LogP contribution in [-0.4, -0.2) is 41.2 Å². The Morgan fingerprint density at radius 2 is 1.79 bits per heavy atom. The minimum atomic E-state index is -0.346. The lowest BCUT2D eigenvalue weighted by molar-refractivity contribution is 0.154. The Labute approximate surface area is 217 Å². The Bertz CT molecular complexity index is 1770. The highest BCUT2D eigenvalue weighted by atomic mass is 19.1. The maximum absolute atomic E-state index is 14.5. The summed E-state index contributed by atoms with van der Waals surface area (Å²) in [5.74, 6) is 0.969. The molecule has 0 saturated heterocycles. The quantitative estimate of drug-likeness (QED) is 0.278. The van der Waals surface area contributed by atoms with E-state index >= 15 is 0 Å². The molecule has 0 bridgehead atoms. The van der Waals surface area contributed by atoms with Crippen molar-refractivity contribution in [2.45, 2.75) is 38.2 Å². The first kappa shape index (κ1) is 22.5. The minimum Gasteiger partial charge on any atom is -0.489 e. The Morgan fingerprint density at radius 3 is 2.68 bits per heavy atom. The van der Waals surface area contributed by atoms with E-state index in [4.69, 9.17) is 9.72 Å². The molecule has 5 heterocycles. The van der Waals surface area contributed by atoms with Gasteiger partial charge in [0.05, 0.1) is 35.2 Å². The van der Waals surface area contributed by atoms with E-state index in [0.717, 1.165) is 46.3 Å². The number of H-pyrrole nitrogens is 2. The molecule has 188 valence electrons. The summed E-state index contributed by atoms with van der Waals surface area (Å²) < 4.78 is 20.8. The van der Waals surface area contributed by atoms with Gasteiger partial charge in [-0.2, -0.15) is 5.10 Å². The monoisotopic (exact) mass is 505 g/mol. The van der Waals surface area contributed by atoms with E-state index < -0.39 is 0 Å². The lowest BCUT2D eigenvalue weighted by Gasteiger charge is -2.22. The topological polar surface area (TPSA) is 105 Å².